The highest BCUT2D eigenvalue weighted by Crippen LogP contribution is 2.37. The van der Waals surface area contributed by atoms with Gasteiger partial charge in [0.2, 0.25) is 11.8 Å². The first-order valence-corrected chi connectivity index (χ1v) is 9.51. The molecule has 0 radical (unpaired) electrons. The molecule has 2 aliphatic heterocycles. The number of amides is 1. The van der Waals surface area contributed by atoms with E-state index in [1.54, 1.807) is 6.07 Å². The number of aromatic nitrogens is 2. The second-order valence-corrected chi connectivity index (χ2v) is 7.44. The molecule has 2 saturated heterocycles. The van der Waals surface area contributed by atoms with Crippen LogP contribution in [0, 0.1) is 5.82 Å². The highest BCUT2D eigenvalue weighted by atomic mass is 19.1. The fourth-order valence-electron chi connectivity index (χ4n) is 4.43. The molecule has 2 aliphatic rings. The van der Waals surface area contributed by atoms with E-state index >= 15 is 0 Å². The van der Waals surface area contributed by atoms with E-state index in [0.29, 0.717) is 18.6 Å². The molecule has 28 heavy (non-hydrogen) atoms. The smallest absolute Gasteiger partial charge is 0.258 e. The van der Waals surface area contributed by atoms with E-state index in [9.17, 15) is 9.18 Å². The van der Waals surface area contributed by atoms with Crippen LogP contribution in [-0.2, 0) is 6.54 Å². The van der Waals surface area contributed by atoms with Crippen molar-refractivity contribution in [1.82, 2.24) is 20.2 Å². The molecule has 2 aromatic rings. The average Bonchev–Trinajstić information content (AvgIpc) is 2.91. The number of hydrogen-bond donors (Lipinski definition) is 2. The van der Waals surface area contributed by atoms with Gasteiger partial charge in [0.1, 0.15) is 11.4 Å². The number of nitrogen functional groups attached to an aromatic ring is 1. The summed E-state index contributed by atoms with van der Waals surface area (Å²) in [6, 6.07) is 7.67. The Morgan fingerprint density at radius 1 is 1.32 bits per heavy atom. The number of anilines is 1. The first kappa shape index (κ1) is 18.6. The first-order valence-electron chi connectivity index (χ1n) is 9.51. The van der Waals surface area contributed by atoms with E-state index in [-0.39, 0.29) is 35.2 Å². The molecule has 4 rings (SSSR count). The summed E-state index contributed by atoms with van der Waals surface area (Å²) in [5.74, 6) is -0.186. The average molecular weight is 385 g/mol. The van der Waals surface area contributed by atoms with Gasteiger partial charge in [0, 0.05) is 36.4 Å². The van der Waals surface area contributed by atoms with Crippen LogP contribution in [0.1, 0.15) is 41.6 Å². The summed E-state index contributed by atoms with van der Waals surface area (Å²) >= 11 is 0. The van der Waals surface area contributed by atoms with Gasteiger partial charge in [-0.3, -0.25) is 9.69 Å². The fraction of sp³-hybridized carbons (Fsp3) is 0.450. The topological polar surface area (TPSA) is 93.4 Å². The van der Waals surface area contributed by atoms with E-state index < -0.39 is 0 Å². The second kappa shape index (κ2) is 7.71. The van der Waals surface area contributed by atoms with Crippen LogP contribution in [0.4, 0.5) is 10.3 Å². The predicted molar refractivity (Wildman–Crippen MR) is 102 cm³/mol. The van der Waals surface area contributed by atoms with Crippen molar-refractivity contribution in [2.45, 2.75) is 50.4 Å². The van der Waals surface area contributed by atoms with Gasteiger partial charge >= 0.3 is 0 Å². The Morgan fingerprint density at radius 2 is 2.04 bits per heavy atom. The largest absolute Gasteiger partial charge is 0.480 e. The first-order chi connectivity index (χ1) is 13.5. The van der Waals surface area contributed by atoms with Gasteiger partial charge < -0.3 is 15.8 Å². The van der Waals surface area contributed by atoms with Gasteiger partial charge in [0.25, 0.3) is 5.91 Å². The third-order valence-corrected chi connectivity index (χ3v) is 5.74. The Hall–Kier alpha value is -2.74. The Labute approximate surface area is 163 Å². The Morgan fingerprint density at radius 3 is 2.71 bits per heavy atom. The number of rotatable bonds is 5. The van der Waals surface area contributed by atoms with Crippen LogP contribution in [0.25, 0.3) is 0 Å². The summed E-state index contributed by atoms with van der Waals surface area (Å²) < 4.78 is 19.2. The highest BCUT2D eigenvalue weighted by Gasteiger charge is 2.41. The lowest BCUT2D eigenvalue weighted by Gasteiger charge is -2.39. The minimum atomic E-state index is -0.260. The third kappa shape index (κ3) is 3.64. The number of hydrogen-bond acceptors (Lipinski definition) is 6. The lowest BCUT2D eigenvalue weighted by molar-refractivity contribution is 0.0822. The van der Waals surface area contributed by atoms with Crippen LogP contribution >= 0.6 is 0 Å². The summed E-state index contributed by atoms with van der Waals surface area (Å²) in [5, 5.41) is 3.09. The summed E-state index contributed by atoms with van der Waals surface area (Å²) in [5.41, 5.74) is 6.56. The molecular formula is C20H24FN5O2. The monoisotopic (exact) mass is 385 g/mol. The quantitative estimate of drug-likeness (QED) is 0.819. The van der Waals surface area contributed by atoms with Crippen LogP contribution in [0.2, 0.25) is 0 Å². The lowest BCUT2D eigenvalue weighted by atomic mass is 9.96. The van der Waals surface area contributed by atoms with Gasteiger partial charge in [0.05, 0.1) is 7.11 Å². The molecule has 1 aromatic carbocycles. The minimum Gasteiger partial charge on any atom is -0.480 e. The third-order valence-electron chi connectivity index (χ3n) is 5.74. The lowest BCUT2D eigenvalue weighted by Crippen LogP contribution is -2.50. The van der Waals surface area contributed by atoms with Crippen LogP contribution in [0.5, 0.6) is 5.88 Å². The zero-order valence-electron chi connectivity index (χ0n) is 15.8. The number of benzene rings is 1. The minimum absolute atomic E-state index is 0.0594. The van der Waals surface area contributed by atoms with Crippen LogP contribution in [0.3, 0.4) is 0 Å². The Bertz CT molecular complexity index is 863. The summed E-state index contributed by atoms with van der Waals surface area (Å²) in [6.07, 6.45) is 5.21. The molecule has 1 aromatic heterocycles. The highest BCUT2D eigenvalue weighted by molar-refractivity contribution is 5.96. The maximum atomic E-state index is 14.0. The standard InChI is InChI=1S/C20H24FN5O2/c1-28-19-16(10-23-20(22)25-19)18(27)24-13-8-14-6-7-15(9-13)26(14)11-12-4-2-3-5-17(12)21/h2-5,10,13-15H,6-9,11H2,1H3,(H,24,27)(H2,22,23,25)/t13?,14-,15+. The molecule has 0 saturated carbocycles. The summed E-state index contributed by atoms with van der Waals surface area (Å²) in [7, 11) is 1.44. The zero-order chi connectivity index (χ0) is 19.7. The maximum Gasteiger partial charge on any atom is 0.258 e. The number of carbonyl (C=O) groups is 1. The Balaban J connectivity index is 1.42. The number of nitrogens with zero attached hydrogens (tertiary/aromatic N) is 3. The molecule has 0 spiro atoms. The molecular weight excluding hydrogens is 361 g/mol. The van der Waals surface area contributed by atoms with Gasteiger partial charge in [-0.25, -0.2) is 9.37 Å². The molecule has 3 atom stereocenters. The normalized spacial score (nSPS) is 24.1. The number of methoxy groups -OCH3 is 1. The molecule has 2 fully saturated rings. The molecule has 3 heterocycles. The number of fused-ring (bicyclic) bond motifs is 2. The van der Waals surface area contributed by atoms with E-state index in [1.165, 1.54) is 19.4 Å². The molecule has 3 N–H and O–H groups in total. The SMILES string of the molecule is COc1nc(N)ncc1C(=O)NC1C[C@H]2CC[C@@H](C1)N2Cc1ccccc1F. The van der Waals surface area contributed by atoms with Crippen molar-refractivity contribution in [3.05, 3.63) is 47.4 Å². The van der Waals surface area contributed by atoms with Crippen molar-refractivity contribution in [2.24, 2.45) is 0 Å². The molecule has 0 aliphatic carbocycles. The van der Waals surface area contributed by atoms with E-state index in [0.717, 1.165) is 31.2 Å². The summed E-state index contributed by atoms with van der Waals surface area (Å²) in [6.45, 7) is 0.613. The van der Waals surface area contributed by atoms with Crippen LogP contribution in [-0.4, -0.2) is 46.0 Å². The van der Waals surface area contributed by atoms with Gasteiger partial charge in [0.15, 0.2) is 0 Å². The van der Waals surface area contributed by atoms with Crippen molar-refractivity contribution < 1.29 is 13.9 Å². The van der Waals surface area contributed by atoms with Crippen LogP contribution < -0.4 is 15.8 Å². The molecule has 8 heteroatoms. The molecule has 1 unspecified atom stereocenters. The zero-order valence-corrected chi connectivity index (χ0v) is 15.8. The maximum absolute atomic E-state index is 14.0. The van der Waals surface area contributed by atoms with Crippen molar-refractivity contribution in [1.29, 1.82) is 0 Å². The van der Waals surface area contributed by atoms with Gasteiger partial charge in [-0.1, -0.05) is 18.2 Å². The number of nitrogens with two attached hydrogens (primary N) is 1. The van der Waals surface area contributed by atoms with Gasteiger partial charge in [-0.05, 0) is 31.7 Å². The predicted octanol–water partition coefficient (Wildman–Crippen LogP) is 2.13. The van der Waals surface area contributed by atoms with Crippen LogP contribution in [0.15, 0.2) is 30.5 Å². The number of piperidine rings is 1. The summed E-state index contributed by atoms with van der Waals surface area (Å²) in [4.78, 5) is 22.9. The number of ether oxygens (including phenoxy) is 1. The van der Waals surface area contributed by atoms with Gasteiger partial charge in [-0.2, -0.15) is 4.98 Å². The molecule has 1 amide bonds. The van der Waals surface area contributed by atoms with Crippen molar-refractivity contribution in [3.63, 3.8) is 0 Å². The second-order valence-electron chi connectivity index (χ2n) is 7.44. The van der Waals surface area contributed by atoms with E-state index in [2.05, 4.69) is 20.2 Å². The number of nitrogens with one attached hydrogen (secondary N) is 1. The van der Waals surface area contributed by atoms with Gasteiger partial charge in [-0.15, -0.1) is 0 Å². The van der Waals surface area contributed by atoms with Crippen molar-refractivity contribution in [3.8, 4) is 5.88 Å². The van der Waals surface area contributed by atoms with E-state index in [4.69, 9.17) is 10.5 Å². The van der Waals surface area contributed by atoms with Crippen molar-refractivity contribution in [2.75, 3.05) is 12.8 Å². The number of halogens is 1. The molecule has 148 valence electrons. The molecule has 7 nitrogen and oxygen atoms in total. The fourth-order valence-corrected chi connectivity index (χ4v) is 4.43. The Kier molecular flexibility index (Phi) is 5.13. The number of carbonyl (C=O) groups excluding carboxylic acids is 1. The van der Waals surface area contributed by atoms with Crippen molar-refractivity contribution >= 4 is 11.9 Å². The van der Waals surface area contributed by atoms with E-state index in [1.807, 2.05) is 12.1 Å². The molecule has 2 bridgehead atoms.